The zero-order valence-corrected chi connectivity index (χ0v) is 15.2. The molecule has 0 amide bonds. The highest BCUT2D eigenvalue weighted by atomic mass is 32.2. The second-order valence-electron chi connectivity index (χ2n) is 6.43. The normalized spacial score (nSPS) is 14.0. The molecule has 132 valence electrons. The molecule has 0 atom stereocenters. The summed E-state index contributed by atoms with van der Waals surface area (Å²) in [6, 6.07) is 12.3. The van der Waals surface area contributed by atoms with Gasteiger partial charge in [-0.3, -0.25) is 0 Å². The number of benzene rings is 2. The smallest absolute Gasteiger partial charge is 0.268 e. The van der Waals surface area contributed by atoms with Crippen LogP contribution in [0.25, 0.3) is 10.9 Å². The van der Waals surface area contributed by atoms with Crippen molar-refractivity contribution in [2.24, 2.45) is 0 Å². The van der Waals surface area contributed by atoms with Crippen LogP contribution in [0.2, 0.25) is 0 Å². The molecule has 0 aliphatic heterocycles. The van der Waals surface area contributed by atoms with Crippen molar-refractivity contribution in [1.82, 2.24) is 3.97 Å². The van der Waals surface area contributed by atoms with Crippen LogP contribution in [0.1, 0.15) is 29.5 Å². The number of nitriles is 1. The van der Waals surface area contributed by atoms with E-state index in [4.69, 9.17) is 10.00 Å². The molecule has 3 aromatic rings. The lowest BCUT2D eigenvalue weighted by Gasteiger charge is -2.22. The van der Waals surface area contributed by atoms with Gasteiger partial charge < -0.3 is 4.74 Å². The Balaban J connectivity index is 1.95. The molecule has 1 aliphatic rings. The zero-order chi connectivity index (χ0) is 18.3. The lowest BCUT2D eigenvalue weighted by Crippen LogP contribution is -2.17. The van der Waals surface area contributed by atoms with E-state index in [1.807, 2.05) is 0 Å². The molecule has 4 rings (SSSR count). The molecule has 0 fully saturated rings. The average Bonchev–Trinajstić information content (AvgIpc) is 3.10. The number of hydrogen-bond donors (Lipinski definition) is 0. The second kappa shape index (κ2) is 6.19. The van der Waals surface area contributed by atoms with Crippen LogP contribution in [-0.4, -0.2) is 19.5 Å². The summed E-state index contributed by atoms with van der Waals surface area (Å²) < 4.78 is 33.6. The van der Waals surface area contributed by atoms with Gasteiger partial charge in [-0.25, -0.2) is 12.4 Å². The monoisotopic (exact) mass is 366 g/mol. The van der Waals surface area contributed by atoms with Crippen LogP contribution >= 0.6 is 0 Å². The van der Waals surface area contributed by atoms with Gasteiger partial charge in [0.05, 0.1) is 29.2 Å². The topological polar surface area (TPSA) is 72.1 Å². The number of nitrogens with zero attached hydrogens (tertiary/aromatic N) is 2. The van der Waals surface area contributed by atoms with Crippen LogP contribution in [0.5, 0.6) is 5.75 Å². The number of hydrogen-bond acceptors (Lipinski definition) is 4. The molecular weight excluding hydrogens is 348 g/mol. The van der Waals surface area contributed by atoms with E-state index in [1.54, 1.807) is 49.7 Å². The highest BCUT2D eigenvalue weighted by Crippen LogP contribution is 2.35. The summed E-state index contributed by atoms with van der Waals surface area (Å²) in [5, 5.41) is 9.93. The number of fused-ring (bicyclic) bond motifs is 2. The van der Waals surface area contributed by atoms with Crippen LogP contribution in [-0.2, 0) is 22.9 Å². The van der Waals surface area contributed by atoms with Crippen molar-refractivity contribution in [3.05, 3.63) is 59.3 Å². The van der Waals surface area contributed by atoms with Crippen LogP contribution in [0.15, 0.2) is 47.5 Å². The van der Waals surface area contributed by atoms with Gasteiger partial charge >= 0.3 is 0 Å². The van der Waals surface area contributed by atoms with Crippen LogP contribution in [0.4, 0.5) is 0 Å². The van der Waals surface area contributed by atoms with E-state index in [0.29, 0.717) is 16.0 Å². The number of rotatable bonds is 3. The van der Waals surface area contributed by atoms with E-state index < -0.39 is 10.0 Å². The van der Waals surface area contributed by atoms with Gasteiger partial charge in [-0.2, -0.15) is 5.26 Å². The third-order valence-electron chi connectivity index (χ3n) is 4.99. The summed E-state index contributed by atoms with van der Waals surface area (Å²) in [5.41, 5.74) is 2.80. The summed E-state index contributed by atoms with van der Waals surface area (Å²) in [5.74, 6) is 0.753. The average molecular weight is 366 g/mol. The highest BCUT2D eigenvalue weighted by molar-refractivity contribution is 7.90. The maximum absolute atomic E-state index is 13.4. The Hall–Kier alpha value is -2.78. The molecule has 0 N–H and O–H groups in total. The third-order valence-corrected chi connectivity index (χ3v) is 6.77. The van der Waals surface area contributed by atoms with Crippen molar-refractivity contribution in [3.63, 3.8) is 0 Å². The first kappa shape index (κ1) is 16.7. The summed E-state index contributed by atoms with van der Waals surface area (Å²) >= 11 is 0. The number of methoxy groups -OCH3 is 1. The summed E-state index contributed by atoms with van der Waals surface area (Å²) in [6.45, 7) is 0. The zero-order valence-electron chi connectivity index (χ0n) is 14.4. The number of ether oxygens (including phenoxy) is 1. The maximum Gasteiger partial charge on any atom is 0.268 e. The van der Waals surface area contributed by atoms with Crippen molar-refractivity contribution < 1.29 is 13.2 Å². The van der Waals surface area contributed by atoms with E-state index in [0.717, 1.165) is 47.9 Å². The fourth-order valence-electron chi connectivity index (χ4n) is 3.72. The number of aromatic nitrogens is 1. The van der Waals surface area contributed by atoms with Crippen LogP contribution < -0.4 is 4.74 Å². The first-order chi connectivity index (χ1) is 12.6. The first-order valence-corrected chi connectivity index (χ1v) is 9.96. The Morgan fingerprint density at radius 1 is 1.08 bits per heavy atom. The SMILES string of the molecule is COc1ccc(S(=O)(=O)n2ccc3ccc(C#N)cc32)c2c1CCCC2. The van der Waals surface area contributed by atoms with E-state index >= 15 is 0 Å². The quantitative estimate of drug-likeness (QED) is 0.709. The molecule has 26 heavy (non-hydrogen) atoms. The van der Waals surface area contributed by atoms with Gasteiger partial charge in [0.15, 0.2) is 0 Å². The molecule has 1 aromatic heterocycles. The van der Waals surface area contributed by atoms with Gasteiger partial charge in [0, 0.05) is 11.6 Å². The van der Waals surface area contributed by atoms with Gasteiger partial charge in [0.2, 0.25) is 0 Å². The molecule has 0 spiro atoms. The molecular formula is C20H18N2O3S. The van der Waals surface area contributed by atoms with Crippen molar-refractivity contribution in [2.45, 2.75) is 30.6 Å². The van der Waals surface area contributed by atoms with Gasteiger partial charge in [-0.1, -0.05) is 6.07 Å². The molecule has 0 bridgehead atoms. The Kier molecular flexibility index (Phi) is 3.97. The Labute approximate surface area is 152 Å². The van der Waals surface area contributed by atoms with Crippen LogP contribution in [0, 0.1) is 11.3 Å². The molecule has 0 saturated carbocycles. The van der Waals surface area contributed by atoms with E-state index in [-0.39, 0.29) is 0 Å². The summed E-state index contributed by atoms with van der Waals surface area (Å²) in [4.78, 5) is 0.327. The predicted octanol–water partition coefficient (Wildman–Crippen LogP) is 3.64. The third kappa shape index (κ3) is 2.47. The molecule has 0 saturated heterocycles. The van der Waals surface area contributed by atoms with E-state index in [2.05, 4.69) is 6.07 Å². The maximum atomic E-state index is 13.4. The van der Waals surface area contributed by atoms with Crippen molar-refractivity contribution in [2.75, 3.05) is 7.11 Å². The van der Waals surface area contributed by atoms with E-state index in [1.165, 1.54) is 3.97 Å². The first-order valence-electron chi connectivity index (χ1n) is 8.52. The van der Waals surface area contributed by atoms with E-state index in [9.17, 15) is 8.42 Å². The summed E-state index contributed by atoms with van der Waals surface area (Å²) in [7, 11) is -2.15. The highest BCUT2D eigenvalue weighted by Gasteiger charge is 2.27. The minimum atomic E-state index is -3.76. The molecule has 0 unspecified atom stereocenters. The van der Waals surface area contributed by atoms with Crippen molar-refractivity contribution in [1.29, 1.82) is 5.26 Å². The minimum Gasteiger partial charge on any atom is -0.496 e. The lowest BCUT2D eigenvalue weighted by atomic mass is 9.91. The fraction of sp³-hybridized carbons (Fsp3) is 0.250. The lowest BCUT2D eigenvalue weighted by molar-refractivity contribution is 0.405. The Morgan fingerprint density at radius 2 is 1.85 bits per heavy atom. The fourth-order valence-corrected chi connectivity index (χ4v) is 5.35. The van der Waals surface area contributed by atoms with Gasteiger partial charge in [-0.05, 0) is 67.1 Å². The van der Waals surface area contributed by atoms with Gasteiger partial charge in [-0.15, -0.1) is 0 Å². The molecule has 2 aromatic carbocycles. The van der Waals surface area contributed by atoms with Gasteiger partial charge in [0.25, 0.3) is 10.0 Å². The predicted molar refractivity (Wildman–Crippen MR) is 98.9 cm³/mol. The Morgan fingerprint density at radius 3 is 2.58 bits per heavy atom. The Bertz CT molecular complexity index is 1150. The van der Waals surface area contributed by atoms with Crippen molar-refractivity contribution in [3.8, 4) is 11.8 Å². The minimum absolute atomic E-state index is 0.327. The summed E-state index contributed by atoms with van der Waals surface area (Å²) in [6.07, 6.45) is 5.11. The largest absolute Gasteiger partial charge is 0.496 e. The molecule has 6 heteroatoms. The molecule has 0 radical (unpaired) electrons. The molecule has 1 aliphatic carbocycles. The second-order valence-corrected chi connectivity index (χ2v) is 8.22. The van der Waals surface area contributed by atoms with Crippen molar-refractivity contribution >= 4 is 20.9 Å². The molecule has 5 nitrogen and oxygen atoms in total. The standard InChI is InChI=1S/C20H18N2O3S/c1-25-19-8-9-20(17-5-3-2-4-16(17)19)26(23,24)22-11-10-15-7-6-14(13-21)12-18(15)22/h6-12H,2-5H2,1H3. The molecule has 1 heterocycles. The van der Waals surface area contributed by atoms with Crippen LogP contribution in [0.3, 0.4) is 0 Å². The van der Waals surface area contributed by atoms with Gasteiger partial charge in [0.1, 0.15) is 5.75 Å².